The van der Waals surface area contributed by atoms with Gasteiger partial charge in [0.1, 0.15) is 6.61 Å². The number of likely N-dealkylation sites (N-methyl/N-ethyl adjacent to an activating group) is 1. The van der Waals surface area contributed by atoms with Crippen molar-refractivity contribution in [1.29, 1.82) is 0 Å². The summed E-state index contributed by atoms with van der Waals surface area (Å²) in [6.45, 7) is 13.2. The molecule has 3 amide bonds. The number of fused-ring (bicyclic) bond motifs is 8. The number of amides is 3. The standard InChI is InChI=1S/C50H67N7O11/c1-8-34-30(2)38-28-42-35(10-12-44(60)68-26-25-67-24-23-66-20-19-63-7)31(3)37(53-42)27-39-32(4)36(9-11-43(59)56(6)14-13-51)47(54-39)46-48-45(33(5)40(55-48)29-41(34)52-38)49(61)57(50(46)62)15-17-64-21-22-65-18-16-58/h10,12,27-29,32,36,54-55,58H,8-9,11,13-26,51H2,1-7H3/b12-10+,39-27?,41-29?,42-28?,47-46?/t32-,36-/m0/s1. The number of hydrogen-bond donors (Lipinski definition) is 4. The number of nitrogens with zero attached hydrogens (tertiary/aromatic N) is 4. The topological polar surface area (TPSA) is 234 Å². The zero-order valence-corrected chi connectivity index (χ0v) is 40.5. The van der Waals surface area contributed by atoms with Gasteiger partial charge in [-0.1, -0.05) is 13.8 Å². The first-order valence-electron chi connectivity index (χ1n) is 23.4. The second-order valence-electron chi connectivity index (χ2n) is 16.9. The zero-order valence-electron chi connectivity index (χ0n) is 40.5. The van der Waals surface area contributed by atoms with Crippen LogP contribution in [0.5, 0.6) is 0 Å². The fourth-order valence-electron chi connectivity index (χ4n) is 8.78. The number of aliphatic hydroxyl groups is 1. The van der Waals surface area contributed by atoms with Gasteiger partial charge in [-0.2, -0.15) is 0 Å². The van der Waals surface area contributed by atoms with E-state index in [9.17, 15) is 19.2 Å². The van der Waals surface area contributed by atoms with E-state index in [-0.39, 0.29) is 77.0 Å². The largest absolute Gasteiger partial charge is 0.460 e. The van der Waals surface area contributed by atoms with E-state index in [0.717, 1.165) is 22.4 Å². The normalized spacial score (nSPS) is 16.4. The Morgan fingerprint density at radius 1 is 0.838 bits per heavy atom. The summed E-state index contributed by atoms with van der Waals surface area (Å²) >= 11 is 0. The van der Waals surface area contributed by atoms with Crippen LogP contribution in [0.3, 0.4) is 0 Å². The van der Waals surface area contributed by atoms with Crippen molar-refractivity contribution in [3.8, 4) is 0 Å². The van der Waals surface area contributed by atoms with Crippen LogP contribution >= 0.6 is 0 Å². The number of ether oxygens (including phenoxy) is 6. The molecule has 0 aromatic carbocycles. The van der Waals surface area contributed by atoms with Crippen LogP contribution in [-0.4, -0.2) is 165 Å². The van der Waals surface area contributed by atoms with Gasteiger partial charge in [-0.25, -0.2) is 14.8 Å². The highest BCUT2D eigenvalue weighted by Crippen LogP contribution is 2.45. The molecule has 2 aromatic rings. The Morgan fingerprint density at radius 3 is 2.18 bits per heavy atom. The van der Waals surface area contributed by atoms with Gasteiger partial charge < -0.3 is 54.1 Å². The number of aliphatic hydroxyl groups excluding tert-OH is 1. The van der Waals surface area contributed by atoms with E-state index in [4.69, 9.17) is 49.2 Å². The van der Waals surface area contributed by atoms with Gasteiger partial charge in [-0.05, 0) is 80.2 Å². The number of carbonyl (C=O) groups excluding carboxylic acids is 4. The Balaban J connectivity index is 1.47. The smallest absolute Gasteiger partial charge is 0.330 e. The summed E-state index contributed by atoms with van der Waals surface area (Å²) < 4.78 is 32.5. The SMILES string of the molecule is CCC1=C(C)c2cc3nc(cc4[nH]c(c5c6[nH]c(cc1n2)c(C)c6C(=O)N(CCOCCOCCO)C5=O)[C@@H](CCC(=O)N(C)CCN)[C@@H]4C)C(C)=C3/C=C/C(=O)OCCOCCOCCOC. The number of imide groups is 1. The maximum absolute atomic E-state index is 15.0. The quantitative estimate of drug-likeness (QED) is 0.0439. The minimum Gasteiger partial charge on any atom is -0.460 e. The van der Waals surface area contributed by atoms with E-state index in [0.29, 0.717) is 114 Å². The van der Waals surface area contributed by atoms with E-state index in [2.05, 4.69) is 16.9 Å². The molecule has 0 radical (unpaired) electrons. The fourth-order valence-corrected chi connectivity index (χ4v) is 8.78. The molecule has 18 nitrogen and oxygen atoms in total. The number of H-pyrrole nitrogens is 2. The van der Waals surface area contributed by atoms with Crippen molar-refractivity contribution >= 4 is 57.0 Å². The number of methoxy groups -OCH3 is 1. The maximum atomic E-state index is 15.0. The van der Waals surface area contributed by atoms with Gasteiger partial charge in [0.15, 0.2) is 0 Å². The van der Waals surface area contributed by atoms with Gasteiger partial charge in [0.05, 0.1) is 112 Å². The molecule has 6 rings (SSSR count). The molecule has 2 aromatic heterocycles. The van der Waals surface area contributed by atoms with Crippen LogP contribution < -0.4 is 5.73 Å². The summed E-state index contributed by atoms with van der Waals surface area (Å²) in [4.78, 5) is 76.2. The molecule has 8 bridgehead atoms. The lowest BCUT2D eigenvalue weighted by molar-refractivity contribution is -0.139. The van der Waals surface area contributed by atoms with Crippen molar-refractivity contribution < 1.29 is 52.7 Å². The van der Waals surface area contributed by atoms with Crippen LogP contribution in [0, 0.1) is 6.92 Å². The number of esters is 1. The van der Waals surface area contributed by atoms with Crippen LogP contribution in [0.25, 0.3) is 33.3 Å². The first kappa shape index (κ1) is 51.8. The average molecular weight is 942 g/mol. The highest BCUT2D eigenvalue weighted by Gasteiger charge is 2.40. The predicted octanol–water partition coefficient (Wildman–Crippen LogP) is 5.10. The predicted molar refractivity (Wildman–Crippen MR) is 257 cm³/mol. The van der Waals surface area contributed by atoms with Crippen molar-refractivity contribution in [3.05, 3.63) is 81.2 Å². The number of aromatic nitrogens is 4. The molecule has 6 heterocycles. The van der Waals surface area contributed by atoms with Crippen molar-refractivity contribution in [2.45, 2.75) is 65.7 Å². The highest BCUT2D eigenvalue weighted by molar-refractivity contribution is 6.23. The number of rotatable bonds is 25. The van der Waals surface area contributed by atoms with Gasteiger partial charge in [0, 0.05) is 74.1 Å². The maximum Gasteiger partial charge on any atom is 0.330 e. The second kappa shape index (κ2) is 24.6. The molecule has 0 saturated carbocycles. The molecule has 0 saturated heterocycles. The Kier molecular flexibility index (Phi) is 18.7. The van der Waals surface area contributed by atoms with Gasteiger partial charge in [0.25, 0.3) is 11.8 Å². The van der Waals surface area contributed by atoms with E-state index in [1.165, 1.54) is 11.0 Å². The minimum absolute atomic E-state index is 0.0201. The van der Waals surface area contributed by atoms with E-state index in [1.54, 1.807) is 25.1 Å². The van der Waals surface area contributed by atoms with Crippen LogP contribution in [0.15, 0.2) is 30.4 Å². The van der Waals surface area contributed by atoms with Crippen molar-refractivity contribution in [1.82, 2.24) is 29.7 Å². The number of aryl methyl sites for hydroxylation is 1. The molecule has 68 heavy (non-hydrogen) atoms. The summed E-state index contributed by atoms with van der Waals surface area (Å²) in [6, 6.07) is 5.80. The molecule has 5 N–H and O–H groups in total. The first-order chi connectivity index (χ1) is 32.8. The Bertz CT molecular complexity index is 2490. The fraction of sp³-hybridized carbons (Fsp3) is 0.520. The third kappa shape index (κ3) is 12.0. The number of nitrogens with one attached hydrogen (secondary N) is 2. The average Bonchev–Trinajstić information content (AvgIpc) is 4.00. The van der Waals surface area contributed by atoms with Crippen LogP contribution in [-0.2, 0) is 38.0 Å². The second-order valence-corrected chi connectivity index (χ2v) is 16.9. The lowest BCUT2D eigenvalue weighted by Gasteiger charge is -2.27. The third-order valence-corrected chi connectivity index (χ3v) is 12.7. The molecule has 0 fully saturated rings. The number of nitrogens with two attached hydrogens (primary N) is 1. The molecule has 0 spiro atoms. The molecule has 0 unspecified atom stereocenters. The lowest BCUT2D eigenvalue weighted by atomic mass is 9.84. The molecule has 368 valence electrons. The van der Waals surface area contributed by atoms with E-state index >= 15 is 0 Å². The number of aromatic amines is 2. The van der Waals surface area contributed by atoms with Crippen LogP contribution in [0.1, 0.15) is 119 Å². The van der Waals surface area contributed by atoms with Crippen LogP contribution in [0.2, 0.25) is 0 Å². The molecule has 0 aliphatic carbocycles. The third-order valence-electron chi connectivity index (χ3n) is 12.7. The van der Waals surface area contributed by atoms with Gasteiger partial charge in [0.2, 0.25) is 5.91 Å². The summed E-state index contributed by atoms with van der Waals surface area (Å²) in [5, 5.41) is 9.06. The van der Waals surface area contributed by atoms with Gasteiger partial charge in [-0.15, -0.1) is 0 Å². The monoisotopic (exact) mass is 941 g/mol. The summed E-state index contributed by atoms with van der Waals surface area (Å²) in [6.07, 6.45) is 4.33. The Hall–Kier alpha value is -5.60. The zero-order chi connectivity index (χ0) is 48.9. The number of allylic oxidation sites excluding steroid dienone is 5. The van der Waals surface area contributed by atoms with Crippen molar-refractivity contribution in [3.63, 3.8) is 0 Å². The van der Waals surface area contributed by atoms with Gasteiger partial charge in [-0.3, -0.25) is 19.3 Å². The summed E-state index contributed by atoms with van der Waals surface area (Å²) in [5.74, 6) is -2.16. The molecule has 4 aliphatic heterocycles. The molecule has 4 aliphatic rings. The van der Waals surface area contributed by atoms with Crippen molar-refractivity contribution in [2.75, 3.05) is 106 Å². The molecular weight excluding hydrogens is 875 g/mol. The minimum atomic E-state index is -0.539. The van der Waals surface area contributed by atoms with E-state index in [1.807, 2.05) is 45.9 Å². The number of hydrogen-bond acceptors (Lipinski definition) is 14. The summed E-state index contributed by atoms with van der Waals surface area (Å²) in [7, 11) is 3.33. The highest BCUT2D eigenvalue weighted by atomic mass is 16.6. The first-order valence-corrected chi connectivity index (χ1v) is 23.4. The number of carbonyl (C=O) groups is 4. The van der Waals surface area contributed by atoms with E-state index < -0.39 is 17.8 Å². The molecule has 18 heteroatoms. The van der Waals surface area contributed by atoms with Crippen molar-refractivity contribution in [2.24, 2.45) is 5.73 Å². The van der Waals surface area contributed by atoms with Gasteiger partial charge >= 0.3 is 5.97 Å². The molecular formula is C50H67N7O11. The summed E-state index contributed by atoms with van der Waals surface area (Å²) in [5.41, 5.74) is 15.6. The lowest BCUT2D eigenvalue weighted by Crippen LogP contribution is -2.43. The van der Waals surface area contributed by atoms with Crippen LogP contribution in [0.4, 0.5) is 0 Å². The Labute approximate surface area is 397 Å². The molecule has 2 atom stereocenters. The Morgan fingerprint density at radius 2 is 1.49 bits per heavy atom.